The molecule has 1 aliphatic rings. The summed E-state index contributed by atoms with van der Waals surface area (Å²) in [6, 6.07) is 4.96. The molecule has 0 saturated heterocycles. The van der Waals surface area contributed by atoms with E-state index in [0.29, 0.717) is 0 Å². The van der Waals surface area contributed by atoms with Crippen molar-refractivity contribution in [2.24, 2.45) is 0 Å². The molecule has 1 aromatic carbocycles. The Balaban J connectivity index is 1.96. The molecule has 0 bridgehead atoms. The molecule has 118 valence electrons. The number of methoxy groups -OCH3 is 1. The van der Waals surface area contributed by atoms with Gasteiger partial charge in [0.05, 0.1) is 17.8 Å². The Bertz CT molecular complexity index is 464. The fourth-order valence-corrected chi connectivity index (χ4v) is 2.74. The van der Waals surface area contributed by atoms with Crippen molar-refractivity contribution in [3.8, 4) is 0 Å². The molecule has 0 aromatic heterocycles. The van der Waals surface area contributed by atoms with E-state index in [1.807, 2.05) is 0 Å². The smallest absolute Gasteiger partial charge is 0.387 e. The van der Waals surface area contributed by atoms with Crippen molar-refractivity contribution in [2.75, 3.05) is 13.7 Å². The van der Waals surface area contributed by atoms with Gasteiger partial charge in [-0.2, -0.15) is 13.2 Å². The van der Waals surface area contributed by atoms with Gasteiger partial charge in [-0.25, -0.2) is 0 Å². The number of aliphatic hydroxyl groups excluding tert-OH is 1. The van der Waals surface area contributed by atoms with Gasteiger partial charge in [-0.3, -0.25) is 0 Å². The van der Waals surface area contributed by atoms with Gasteiger partial charge in [0.15, 0.2) is 0 Å². The van der Waals surface area contributed by atoms with Crippen molar-refractivity contribution in [3.63, 3.8) is 0 Å². The molecule has 3 atom stereocenters. The van der Waals surface area contributed by atoms with E-state index < -0.39 is 17.8 Å². The molecule has 1 aromatic rings. The Morgan fingerprint density at radius 3 is 2.81 bits per heavy atom. The average Bonchev–Trinajstić information content (AvgIpc) is 2.91. The third-order valence-corrected chi connectivity index (χ3v) is 3.93. The highest BCUT2D eigenvalue weighted by Gasteiger charge is 2.31. The minimum absolute atomic E-state index is 0.110. The first-order chi connectivity index (χ1) is 9.91. The molecule has 6 heteroatoms. The summed E-state index contributed by atoms with van der Waals surface area (Å²) < 4.78 is 43.3. The van der Waals surface area contributed by atoms with Crippen LogP contribution in [0.3, 0.4) is 0 Å². The molecule has 2 rings (SSSR count). The van der Waals surface area contributed by atoms with Gasteiger partial charge in [-0.1, -0.05) is 12.1 Å². The van der Waals surface area contributed by atoms with Gasteiger partial charge in [0, 0.05) is 19.7 Å². The second-order valence-electron chi connectivity index (χ2n) is 5.36. The lowest BCUT2D eigenvalue weighted by atomic mass is 10.1. The number of ether oxygens (including phenoxy) is 1. The summed E-state index contributed by atoms with van der Waals surface area (Å²) >= 11 is 0. The van der Waals surface area contributed by atoms with Crippen LogP contribution in [0, 0.1) is 0 Å². The molecule has 0 amide bonds. The summed E-state index contributed by atoms with van der Waals surface area (Å²) in [6.07, 6.45) is -2.28. The summed E-state index contributed by atoms with van der Waals surface area (Å²) in [5.74, 6) is 0. The molecule has 21 heavy (non-hydrogen) atoms. The topological polar surface area (TPSA) is 41.5 Å². The van der Waals surface area contributed by atoms with Gasteiger partial charge in [-0.05, 0) is 37.0 Å². The van der Waals surface area contributed by atoms with Crippen LogP contribution in [0.4, 0.5) is 13.2 Å². The number of halogens is 3. The van der Waals surface area contributed by atoms with Gasteiger partial charge < -0.3 is 15.2 Å². The van der Waals surface area contributed by atoms with Crippen molar-refractivity contribution >= 4 is 0 Å². The lowest BCUT2D eigenvalue weighted by molar-refractivity contribution is -0.137. The molecule has 3 unspecified atom stereocenters. The average molecular weight is 303 g/mol. The summed E-state index contributed by atoms with van der Waals surface area (Å²) in [6.45, 7) is 0.214. The minimum atomic E-state index is -4.39. The zero-order chi connectivity index (χ0) is 15.5. The molecule has 0 heterocycles. The molecule has 1 saturated carbocycles. The van der Waals surface area contributed by atoms with E-state index in [1.165, 1.54) is 12.1 Å². The number of benzene rings is 1. The quantitative estimate of drug-likeness (QED) is 0.879. The Morgan fingerprint density at radius 2 is 2.14 bits per heavy atom. The number of alkyl halides is 3. The third-order valence-electron chi connectivity index (χ3n) is 3.93. The van der Waals surface area contributed by atoms with Crippen molar-refractivity contribution in [2.45, 2.75) is 43.7 Å². The molecular weight excluding hydrogens is 283 g/mol. The number of hydrogen-bond donors (Lipinski definition) is 2. The van der Waals surface area contributed by atoms with Gasteiger partial charge in [0.2, 0.25) is 0 Å². The summed E-state index contributed by atoms with van der Waals surface area (Å²) in [5.41, 5.74) is -0.473. The van der Waals surface area contributed by atoms with Crippen LogP contribution in [-0.4, -0.2) is 30.9 Å². The maximum atomic E-state index is 12.6. The maximum Gasteiger partial charge on any atom is 0.416 e. The third kappa shape index (κ3) is 4.18. The molecule has 3 nitrogen and oxygen atoms in total. The maximum absolute atomic E-state index is 12.6. The Morgan fingerprint density at radius 1 is 1.38 bits per heavy atom. The van der Waals surface area contributed by atoms with E-state index in [2.05, 4.69) is 5.32 Å². The number of hydrogen-bond acceptors (Lipinski definition) is 3. The SMILES string of the molecule is COC1CCCC1NCC(O)c1cccc(C(F)(F)F)c1. The van der Waals surface area contributed by atoms with E-state index >= 15 is 0 Å². The van der Waals surface area contributed by atoms with E-state index in [1.54, 1.807) is 7.11 Å². The summed E-state index contributed by atoms with van der Waals surface area (Å²) in [4.78, 5) is 0. The Kier molecular flexibility index (Phi) is 5.24. The van der Waals surface area contributed by atoms with Crippen LogP contribution >= 0.6 is 0 Å². The number of rotatable bonds is 5. The fraction of sp³-hybridized carbons (Fsp3) is 0.600. The highest BCUT2D eigenvalue weighted by atomic mass is 19.4. The zero-order valence-electron chi connectivity index (χ0n) is 11.9. The Labute approximate surface area is 122 Å². The molecular formula is C15H20F3NO2. The predicted octanol–water partition coefficient (Wildman–Crippen LogP) is 2.90. The zero-order valence-corrected chi connectivity index (χ0v) is 11.9. The first kappa shape index (κ1) is 16.3. The van der Waals surface area contributed by atoms with Crippen molar-refractivity contribution in [1.82, 2.24) is 5.32 Å². The van der Waals surface area contributed by atoms with Crippen molar-refractivity contribution < 1.29 is 23.0 Å². The minimum Gasteiger partial charge on any atom is -0.387 e. The van der Waals surface area contributed by atoms with Crippen LogP contribution in [0.25, 0.3) is 0 Å². The van der Waals surface area contributed by atoms with Crippen LogP contribution in [-0.2, 0) is 10.9 Å². The first-order valence-corrected chi connectivity index (χ1v) is 7.03. The van der Waals surface area contributed by atoms with Crippen LogP contribution in [0.5, 0.6) is 0 Å². The van der Waals surface area contributed by atoms with Crippen LogP contribution in [0.15, 0.2) is 24.3 Å². The summed E-state index contributed by atoms with van der Waals surface area (Å²) in [5, 5.41) is 13.2. The highest BCUT2D eigenvalue weighted by molar-refractivity contribution is 5.27. The highest BCUT2D eigenvalue weighted by Crippen LogP contribution is 2.30. The first-order valence-electron chi connectivity index (χ1n) is 7.03. The lowest BCUT2D eigenvalue weighted by Crippen LogP contribution is -2.39. The van der Waals surface area contributed by atoms with E-state index in [4.69, 9.17) is 4.74 Å². The molecule has 1 fully saturated rings. The van der Waals surface area contributed by atoms with Gasteiger partial charge in [0.25, 0.3) is 0 Å². The monoisotopic (exact) mass is 303 g/mol. The fourth-order valence-electron chi connectivity index (χ4n) is 2.74. The van der Waals surface area contributed by atoms with Crippen LogP contribution < -0.4 is 5.32 Å². The van der Waals surface area contributed by atoms with E-state index in [-0.39, 0.29) is 24.3 Å². The number of nitrogens with one attached hydrogen (secondary N) is 1. The molecule has 2 N–H and O–H groups in total. The molecule has 1 aliphatic carbocycles. The van der Waals surface area contributed by atoms with Crippen molar-refractivity contribution in [1.29, 1.82) is 0 Å². The second kappa shape index (κ2) is 6.77. The molecule has 0 aliphatic heterocycles. The molecule has 0 spiro atoms. The molecule has 0 radical (unpaired) electrons. The van der Waals surface area contributed by atoms with E-state index in [9.17, 15) is 18.3 Å². The standard InChI is InChI=1S/C15H20F3NO2/c1-21-14-7-3-6-12(14)19-9-13(20)10-4-2-5-11(8-10)15(16,17)18/h2,4-5,8,12-14,19-20H,3,6-7,9H2,1H3. The Hall–Kier alpha value is -1.11. The second-order valence-corrected chi connectivity index (χ2v) is 5.36. The van der Waals surface area contributed by atoms with Gasteiger partial charge in [-0.15, -0.1) is 0 Å². The van der Waals surface area contributed by atoms with Crippen molar-refractivity contribution in [3.05, 3.63) is 35.4 Å². The largest absolute Gasteiger partial charge is 0.416 e. The lowest BCUT2D eigenvalue weighted by Gasteiger charge is -2.22. The van der Waals surface area contributed by atoms with Gasteiger partial charge in [0.1, 0.15) is 0 Å². The predicted molar refractivity (Wildman–Crippen MR) is 72.8 cm³/mol. The normalized spacial score (nSPS) is 24.2. The van der Waals surface area contributed by atoms with E-state index in [0.717, 1.165) is 31.4 Å². The van der Waals surface area contributed by atoms with Crippen LogP contribution in [0.2, 0.25) is 0 Å². The summed E-state index contributed by atoms with van der Waals surface area (Å²) in [7, 11) is 1.65. The van der Waals surface area contributed by atoms with Gasteiger partial charge >= 0.3 is 6.18 Å². The van der Waals surface area contributed by atoms with Crippen LogP contribution in [0.1, 0.15) is 36.5 Å². The number of aliphatic hydroxyl groups is 1.